The standard InChI is InChI=1S/C22H29NO/c1-2-10-20(11-3-1)14-15-21-12-4-5-13-22(21)24-19-9-8-18-23-16-6-7-17-23/h1-5,10-13H,6-9,14-19H2. The third-order valence-electron chi connectivity index (χ3n) is 4.82. The van der Waals surface area contributed by atoms with Crippen molar-refractivity contribution in [2.75, 3.05) is 26.2 Å². The summed E-state index contributed by atoms with van der Waals surface area (Å²) in [5.74, 6) is 1.06. The van der Waals surface area contributed by atoms with Gasteiger partial charge in [0.05, 0.1) is 6.61 Å². The van der Waals surface area contributed by atoms with Crippen LogP contribution in [0, 0.1) is 0 Å². The van der Waals surface area contributed by atoms with Crippen LogP contribution >= 0.6 is 0 Å². The van der Waals surface area contributed by atoms with Crippen LogP contribution in [0.1, 0.15) is 36.8 Å². The predicted molar refractivity (Wildman–Crippen MR) is 101 cm³/mol. The summed E-state index contributed by atoms with van der Waals surface area (Å²) in [6.07, 6.45) is 7.25. The molecule has 0 atom stereocenters. The molecule has 1 heterocycles. The average Bonchev–Trinajstić information content (AvgIpc) is 3.15. The summed E-state index contributed by atoms with van der Waals surface area (Å²) in [4.78, 5) is 2.58. The summed E-state index contributed by atoms with van der Waals surface area (Å²) in [6.45, 7) is 4.65. The van der Waals surface area contributed by atoms with Crippen LogP contribution in [0.5, 0.6) is 5.75 Å². The van der Waals surface area contributed by atoms with Crippen molar-refractivity contribution < 1.29 is 4.74 Å². The summed E-state index contributed by atoms with van der Waals surface area (Å²) < 4.78 is 6.07. The van der Waals surface area contributed by atoms with Gasteiger partial charge in [-0.15, -0.1) is 0 Å². The summed E-state index contributed by atoms with van der Waals surface area (Å²) in [5.41, 5.74) is 2.71. The molecule has 2 nitrogen and oxygen atoms in total. The van der Waals surface area contributed by atoms with Gasteiger partial charge in [-0.2, -0.15) is 0 Å². The van der Waals surface area contributed by atoms with Crippen LogP contribution < -0.4 is 4.74 Å². The molecule has 0 N–H and O–H groups in total. The Balaban J connectivity index is 1.41. The molecule has 0 unspecified atom stereocenters. The van der Waals surface area contributed by atoms with Gasteiger partial charge in [0.1, 0.15) is 5.75 Å². The minimum Gasteiger partial charge on any atom is -0.493 e. The van der Waals surface area contributed by atoms with Crippen molar-refractivity contribution in [2.45, 2.75) is 38.5 Å². The van der Waals surface area contributed by atoms with E-state index in [1.807, 2.05) is 0 Å². The van der Waals surface area contributed by atoms with Crippen molar-refractivity contribution in [3.63, 3.8) is 0 Å². The second-order valence-electron chi connectivity index (χ2n) is 6.70. The number of rotatable bonds is 9. The van der Waals surface area contributed by atoms with Crippen LogP contribution in [0.4, 0.5) is 0 Å². The number of hydrogen-bond acceptors (Lipinski definition) is 2. The van der Waals surface area contributed by atoms with Gasteiger partial charge < -0.3 is 9.64 Å². The Hall–Kier alpha value is -1.80. The van der Waals surface area contributed by atoms with Gasteiger partial charge in [-0.3, -0.25) is 0 Å². The molecule has 2 heteroatoms. The Morgan fingerprint density at radius 3 is 2.38 bits per heavy atom. The molecular formula is C22H29NO. The predicted octanol–water partition coefficient (Wildman–Crippen LogP) is 4.73. The van der Waals surface area contributed by atoms with E-state index in [1.165, 1.54) is 50.0 Å². The molecule has 1 fully saturated rings. The van der Waals surface area contributed by atoms with E-state index >= 15 is 0 Å². The molecule has 0 amide bonds. The van der Waals surface area contributed by atoms with E-state index in [1.54, 1.807) is 0 Å². The number of likely N-dealkylation sites (tertiary alicyclic amines) is 1. The van der Waals surface area contributed by atoms with E-state index < -0.39 is 0 Å². The van der Waals surface area contributed by atoms with Gasteiger partial charge in [0.25, 0.3) is 0 Å². The van der Waals surface area contributed by atoms with E-state index in [0.717, 1.165) is 31.6 Å². The lowest BCUT2D eigenvalue weighted by molar-refractivity contribution is 0.278. The molecule has 0 saturated carbocycles. The van der Waals surface area contributed by atoms with Crippen LogP contribution in [-0.2, 0) is 12.8 Å². The molecule has 24 heavy (non-hydrogen) atoms. The highest BCUT2D eigenvalue weighted by atomic mass is 16.5. The zero-order chi connectivity index (χ0) is 16.5. The number of para-hydroxylation sites is 1. The van der Waals surface area contributed by atoms with Crippen LogP contribution in [0.15, 0.2) is 54.6 Å². The number of benzene rings is 2. The van der Waals surface area contributed by atoms with Crippen LogP contribution in [0.3, 0.4) is 0 Å². The normalized spacial score (nSPS) is 14.8. The van der Waals surface area contributed by atoms with E-state index in [9.17, 15) is 0 Å². The molecule has 0 aliphatic carbocycles. The van der Waals surface area contributed by atoms with Crippen molar-refractivity contribution in [3.05, 3.63) is 65.7 Å². The number of nitrogens with zero attached hydrogens (tertiary/aromatic N) is 1. The van der Waals surface area contributed by atoms with Gasteiger partial charge in [0, 0.05) is 0 Å². The number of aryl methyl sites for hydroxylation is 2. The molecular weight excluding hydrogens is 294 g/mol. The van der Waals surface area contributed by atoms with Crippen molar-refractivity contribution in [1.82, 2.24) is 4.90 Å². The highest BCUT2D eigenvalue weighted by Crippen LogP contribution is 2.20. The summed E-state index contributed by atoms with van der Waals surface area (Å²) in [7, 11) is 0. The molecule has 1 aliphatic rings. The molecule has 1 aliphatic heterocycles. The zero-order valence-electron chi connectivity index (χ0n) is 14.6. The van der Waals surface area contributed by atoms with Gasteiger partial charge in [0.2, 0.25) is 0 Å². The van der Waals surface area contributed by atoms with Crippen LogP contribution in [-0.4, -0.2) is 31.1 Å². The summed E-state index contributed by atoms with van der Waals surface area (Å²) in [5, 5.41) is 0. The zero-order valence-corrected chi connectivity index (χ0v) is 14.6. The van der Waals surface area contributed by atoms with E-state index in [0.29, 0.717) is 0 Å². The third kappa shape index (κ3) is 5.38. The lowest BCUT2D eigenvalue weighted by Gasteiger charge is -2.15. The molecule has 128 valence electrons. The minimum atomic E-state index is 0.830. The summed E-state index contributed by atoms with van der Waals surface area (Å²) in [6, 6.07) is 19.2. The van der Waals surface area contributed by atoms with Crippen molar-refractivity contribution >= 4 is 0 Å². The van der Waals surface area contributed by atoms with Crippen molar-refractivity contribution in [3.8, 4) is 5.75 Å². The number of hydrogen-bond donors (Lipinski definition) is 0. The second kappa shape index (κ2) is 9.48. The Bertz CT molecular complexity index is 590. The lowest BCUT2D eigenvalue weighted by atomic mass is 10.0. The van der Waals surface area contributed by atoms with Gasteiger partial charge in [-0.25, -0.2) is 0 Å². The van der Waals surface area contributed by atoms with Crippen LogP contribution in [0.25, 0.3) is 0 Å². The quantitative estimate of drug-likeness (QED) is 0.619. The molecule has 0 aromatic heterocycles. The van der Waals surface area contributed by atoms with Gasteiger partial charge in [-0.1, -0.05) is 48.5 Å². The fourth-order valence-electron chi connectivity index (χ4n) is 3.40. The second-order valence-corrected chi connectivity index (χ2v) is 6.70. The molecule has 0 bridgehead atoms. The molecule has 0 spiro atoms. The maximum atomic E-state index is 6.07. The SMILES string of the molecule is c1ccc(CCc2ccccc2OCCCCN2CCCC2)cc1. The van der Waals surface area contributed by atoms with E-state index in [2.05, 4.69) is 59.5 Å². The lowest BCUT2D eigenvalue weighted by Crippen LogP contribution is -2.20. The van der Waals surface area contributed by atoms with E-state index in [4.69, 9.17) is 4.74 Å². The highest BCUT2D eigenvalue weighted by molar-refractivity contribution is 5.34. The summed E-state index contributed by atoms with van der Waals surface area (Å²) >= 11 is 0. The largest absolute Gasteiger partial charge is 0.493 e. The third-order valence-corrected chi connectivity index (χ3v) is 4.82. The molecule has 0 radical (unpaired) electrons. The maximum absolute atomic E-state index is 6.07. The topological polar surface area (TPSA) is 12.5 Å². The number of ether oxygens (including phenoxy) is 1. The van der Waals surface area contributed by atoms with Crippen molar-refractivity contribution in [2.24, 2.45) is 0 Å². The van der Waals surface area contributed by atoms with Gasteiger partial charge in [0.15, 0.2) is 0 Å². The van der Waals surface area contributed by atoms with Crippen LogP contribution in [0.2, 0.25) is 0 Å². The first-order valence-electron chi connectivity index (χ1n) is 9.39. The number of unbranched alkanes of at least 4 members (excludes halogenated alkanes) is 1. The average molecular weight is 323 g/mol. The molecule has 2 aromatic carbocycles. The first kappa shape index (κ1) is 17.0. The fraction of sp³-hybridized carbons (Fsp3) is 0.455. The Labute approximate surface area is 146 Å². The first-order chi connectivity index (χ1) is 11.9. The van der Waals surface area contributed by atoms with Gasteiger partial charge in [-0.05, 0) is 75.4 Å². The van der Waals surface area contributed by atoms with Crippen molar-refractivity contribution in [1.29, 1.82) is 0 Å². The smallest absolute Gasteiger partial charge is 0.122 e. The molecule has 1 saturated heterocycles. The first-order valence-corrected chi connectivity index (χ1v) is 9.39. The molecule has 2 aromatic rings. The molecule has 3 rings (SSSR count). The monoisotopic (exact) mass is 323 g/mol. The Kier molecular flexibility index (Phi) is 6.73. The Morgan fingerprint density at radius 1 is 0.792 bits per heavy atom. The highest BCUT2D eigenvalue weighted by Gasteiger charge is 2.10. The Morgan fingerprint density at radius 2 is 1.54 bits per heavy atom. The fourth-order valence-corrected chi connectivity index (χ4v) is 3.40. The van der Waals surface area contributed by atoms with E-state index in [-0.39, 0.29) is 0 Å². The maximum Gasteiger partial charge on any atom is 0.122 e. The minimum absolute atomic E-state index is 0.830. The van der Waals surface area contributed by atoms with Gasteiger partial charge >= 0.3 is 0 Å².